The molecular formula is C19H19F3N2O4. The molecule has 0 fully saturated rings. The van der Waals surface area contributed by atoms with Crippen LogP contribution in [0.5, 0.6) is 0 Å². The second kappa shape index (κ2) is 8.41. The molecule has 0 radical (unpaired) electrons. The number of hydrogen-bond acceptors (Lipinski definition) is 4. The molecule has 150 valence electrons. The number of nitrogens with one attached hydrogen (secondary N) is 1. The molecule has 0 heterocycles. The number of rotatable bonds is 7. The summed E-state index contributed by atoms with van der Waals surface area (Å²) in [5.41, 5.74) is 2.56. The number of hydrogen-bond donors (Lipinski definition) is 3. The van der Waals surface area contributed by atoms with Crippen molar-refractivity contribution in [3.63, 3.8) is 0 Å². The molecule has 6 nitrogen and oxygen atoms in total. The van der Waals surface area contributed by atoms with Crippen LogP contribution in [0.15, 0.2) is 54.6 Å². The summed E-state index contributed by atoms with van der Waals surface area (Å²) < 4.78 is 46.2. The van der Waals surface area contributed by atoms with Gasteiger partial charge in [0.05, 0.1) is 0 Å². The maximum absolute atomic E-state index is 13.8. The van der Waals surface area contributed by atoms with E-state index in [4.69, 9.17) is 15.6 Å². The molecule has 0 bridgehead atoms. The number of alkyl halides is 3. The highest BCUT2D eigenvalue weighted by Gasteiger charge is 2.62. The van der Waals surface area contributed by atoms with Gasteiger partial charge in [-0.15, -0.1) is 0 Å². The monoisotopic (exact) mass is 396 g/mol. The van der Waals surface area contributed by atoms with E-state index in [9.17, 15) is 22.8 Å². The number of anilines is 1. The Morgan fingerprint density at radius 2 is 1.68 bits per heavy atom. The lowest BCUT2D eigenvalue weighted by Gasteiger charge is -2.33. The van der Waals surface area contributed by atoms with E-state index in [0.29, 0.717) is 5.56 Å². The highest BCUT2D eigenvalue weighted by atomic mass is 19.4. The third-order valence-electron chi connectivity index (χ3n) is 4.19. The van der Waals surface area contributed by atoms with Crippen molar-refractivity contribution < 1.29 is 32.6 Å². The fourth-order valence-corrected chi connectivity index (χ4v) is 2.71. The van der Waals surface area contributed by atoms with Gasteiger partial charge in [0.1, 0.15) is 6.04 Å². The summed E-state index contributed by atoms with van der Waals surface area (Å²) in [7, 11) is 0.816. The second-order valence-electron chi connectivity index (χ2n) is 6.05. The molecule has 0 spiro atoms. The molecule has 28 heavy (non-hydrogen) atoms. The zero-order valence-electron chi connectivity index (χ0n) is 14.9. The summed E-state index contributed by atoms with van der Waals surface area (Å²) >= 11 is 0. The largest absolute Gasteiger partial charge is 0.480 e. The molecule has 2 aromatic rings. The molecular weight excluding hydrogens is 377 g/mol. The van der Waals surface area contributed by atoms with Gasteiger partial charge in [0, 0.05) is 18.4 Å². The summed E-state index contributed by atoms with van der Waals surface area (Å²) in [5, 5.41) is 11.0. The number of carboxylic acid groups (broad SMARTS) is 1. The summed E-state index contributed by atoms with van der Waals surface area (Å²) in [6.07, 6.45) is -4.97. The van der Waals surface area contributed by atoms with Crippen molar-refractivity contribution >= 4 is 17.6 Å². The van der Waals surface area contributed by atoms with Crippen molar-refractivity contribution in [3.8, 4) is 0 Å². The lowest BCUT2D eigenvalue weighted by molar-refractivity contribution is -0.263. The van der Waals surface area contributed by atoms with Gasteiger partial charge in [-0.1, -0.05) is 42.5 Å². The average Bonchev–Trinajstić information content (AvgIpc) is 2.64. The Morgan fingerprint density at radius 1 is 1.11 bits per heavy atom. The Balaban J connectivity index is 2.28. The van der Waals surface area contributed by atoms with Crippen LogP contribution in [0.4, 0.5) is 18.9 Å². The van der Waals surface area contributed by atoms with Crippen molar-refractivity contribution in [1.82, 2.24) is 0 Å². The van der Waals surface area contributed by atoms with Crippen LogP contribution < -0.4 is 11.1 Å². The number of benzene rings is 2. The Morgan fingerprint density at radius 3 is 2.14 bits per heavy atom. The minimum Gasteiger partial charge on any atom is -0.480 e. The summed E-state index contributed by atoms with van der Waals surface area (Å²) in [6.45, 7) is 0. The predicted molar refractivity (Wildman–Crippen MR) is 95.6 cm³/mol. The van der Waals surface area contributed by atoms with Gasteiger partial charge >= 0.3 is 12.1 Å². The third-order valence-corrected chi connectivity index (χ3v) is 4.19. The normalized spacial score (nSPS) is 14.8. The summed E-state index contributed by atoms with van der Waals surface area (Å²) in [4.78, 5) is 23.4. The number of carbonyl (C=O) groups excluding carboxylic acids is 1. The first-order chi connectivity index (χ1) is 13.1. The Hall–Kier alpha value is -2.91. The van der Waals surface area contributed by atoms with Crippen LogP contribution in [0.3, 0.4) is 0 Å². The van der Waals surface area contributed by atoms with E-state index < -0.39 is 29.7 Å². The number of carbonyl (C=O) groups is 2. The van der Waals surface area contributed by atoms with Crippen molar-refractivity contribution in [1.29, 1.82) is 0 Å². The molecule has 0 aliphatic rings. The van der Waals surface area contributed by atoms with E-state index in [1.165, 1.54) is 42.5 Å². The quantitative estimate of drug-likeness (QED) is 0.668. The minimum absolute atomic E-state index is 0.0398. The number of aliphatic carboxylic acids is 1. The molecule has 1 amide bonds. The number of carboxylic acids is 1. The first kappa shape index (κ1) is 21.4. The smallest absolute Gasteiger partial charge is 0.430 e. The first-order valence-electron chi connectivity index (χ1n) is 8.18. The van der Waals surface area contributed by atoms with E-state index in [2.05, 4.69) is 5.32 Å². The molecule has 0 aliphatic heterocycles. The van der Waals surface area contributed by atoms with Crippen molar-refractivity contribution in [2.45, 2.75) is 24.2 Å². The van der Waals surface area contributed by atoms with Crippen molar-refractivity contribution in [3.05, 3.63) is 65.7 Å². The fourth-order valence-electron chi connectivity index (χ4n) is 2.71. The van der Waals surface area contributed by atoms with Crippen LogP contribution in [-0.4, -0.2) is 36.3 Å². The summed E-state index contributed by atoms with van der Waals surface area (Å²) in [5.74, 6) is -2.57. The van der Waals surface area contributed by atoms with Gasteiger partial charge in [-0.05, 0) is 24.1 Å². The first-order valence-corrected chi connectivity index (χ1v) is 8.18. The molecule has 4 N–H and O–H groups in total. The van der Waals surface area contributed by atoms with Gasteiger partial charge in [0.15, 0.2) is 0 Å². The van der Waals surface area contributed by atoms with Crippen molar-refractivity contribution in [2.75, 3.05) is 12.4 Å². The van der Waals surface area contributed by atoms with Gasteiger partial charge < -0.3 is 20.9 Å². The highest BCUT2D eigenvalue weighted by Crippen LogP contribution is 2.42. The third kappa shape index (κ3) is 4.32. The van der Waals surface area contributed by atoms with Crippen LogP contribution >= 0.6 is 0 Å². The van der Waals surface area contributed by atoms with E-state index in [1.54, 1.807) is 0 Å². The molecule has 9 heteroatoms. The Labute approximate surface area is 159 Å². The predicted octanol–water partition coefficient (Wildman–Crippen LogP) is 2.68. The maximum Gasteiger partial charge on any atom is 0.430 e. The van der Waals surface area contributed by atoms with Crippen LogP contribution in [0.1, 0.15) is 11.1 Å². The number of halogens is 3. The van der Waals surface area contributed by atoms with E-state index >= 15 is 0 Å². The lowest BCUT2D eigenvalue weighted by atomic mass is 9.91. The molecule has 0 aromatic heterocycles. The lowest BCUT2D eigenvalue weighted by Crippen LogP contribution is -2.53. The topological polar surface area (TPSA) is 102 Å². The molecule has 1 unspecified atom stereocenters. The van der Waals surface area contributed by atoms with Gasteiger partial charge in [-0.25, -0.2) is 0 Å². The number of methoxy groups -OCH3 is 1. The van der Waals surface area contributed by atoms with E-state index in [1.807, 2.05) is 0 Å². The zero-order chi connectivity index (χ0) is 20.9. The molecule has 2 rings (SSSR count). The van der Waals surface area contributed by atoms with Crippen molar-refractivity contribution in [2.24, 2.45) is 5.73 Å². The van der Waals surface area contributed by atoms with Crippen LogP contribution in [0.25, 0.3) is 0 Å². The highest BCUT2D eigenvalue weighted by molar-refractivity contribution is 5.98. The molecule has 2 atom stereocenters. The minimum atomic E-state index is -5.01. The SMILES string of the molecule is COC(C(=O)Nc1ccc(C[C@H](N)C(=O)O)cc1)(c1ccccc1)C(F)(F)F. The average molecular weight is 396 g/mol. The zero-order valence-corrected chi connectivity index (χ0v) is 14.9. The molecule has 2 aromatic carbocycles. The molecule has 0 saturated carbocycles. The van der Waals surface area contributed by atoms with Crippen LogP contribution in [0.2, 0.25) is 0 Å². The number of ether oxygens (including phenoxy) is 1. The number of amides is 1. The second-order valence-corrected chi connectivity index (χ2v) is 6.05. The standard InChI is InChI=1S/C19H19F3N2O4/c1-28-18(19(20,21)22,13-5-3-2-4-6-13)17(27)24-14-9-7-12(8-10-14)11-15(23)16(25)26/h2-10,15H,11,23H2,1H3,(H,24,27)(H,25,26)/t15-,18?/m0/s1. The summed E-state index contributed by atoms with van der Waals surface area (Å²) in [6, 6.07) is 11.2. The molecule has 0 aliphatic carbocycles. The van der Waals surface area contributed by atoms with Gasteiger partial charge in [-0.2, -0.15) is 13.2 Å². The number of nitrogens with two attached hydrogens (primary N) is 1. The van der Waals surface area contributed by atoms with E-state index in [-0.39, 0.29) is 17.7 Å². The molecule has 0 saturated heterocycles. The van der Waals surface area contributed by atoms with Crippen LogP contribution in [-0.2, 0) is 26.3 Å². The maximum atomic E-state index is 13.8. The van der Waals surface area contributed by atoms with E-state index in [0.717, 1.165) is 19.2 Å². The Bertz CT molecular complexity index is 825. The van der Waals surface area contributed by atoms with Gasteiger partial charge in [0.25, 0.3) is 11.5 Å². The van der Waals surface area contributed by atoms with Crippen LogP contribution in [0, 0.1) is 0 Å². The van der Waals surface area contributed by atoms with Gasteiger partial charge in [0.2, 0.25) is 0 Å². The fraction of sp³-hybridized carbons (Fsp3) is 0.263. The van der Waals surface area contributed by atoms with Gasteiger partial charge in [-0.3, -0.25) is 9.59 Å². The Kier molecular flexibility index (Phi) is 6.42.